The van der Waals surface area contributed by atoms with Gasteiger partial charge in [0, 0.05) is 55.4 Å². The number of anilines is 1. The average molecular weight is 1090 g/mol. The number of aryl methyl sites for hydroxylation is 1. The van der Waals surface area contributed by atoms with Crippen molar-refractivity contribution in [2.75, 3.05) is 50.7 Å². The number of sulfone groups is 1. The first-order valence-corrected chi connectivity index (χ1v) is 26.3. The number of aliphatic carboxylic acids is 1. The maximum Gasteiger partial charge on any atom is 0.412 e. The first-order valence-electron chi connectivity index (χ1n) is 24.2. The zero-order valence-corrected chi connectivity index (χ0v) is 42.8. The molecule has 2 aromatic carbocycles. The molecule has 0 radical (unpaired) electrons. The van der Waals surface area contributed by atoms with Crippen LogP contribution in [0.5, 0.6) is 11.5 Å². The van der Waals surface area contributed by atoms with E-state index in [0.29, 0.717) is 28.7 Å². The monoisotopic (exact) mass is 1090 g/mol. The highest BCUT2D eigenvalue weighted by Crippen LogP contribution is 2.41. The topological polar surface area (TPSA) is 361 Å². The van der Waals surface area contributed by atoms with E-state index in [9.17, 15) is 72.6 Å². The number of benzene rings is 2. The van der Waals surface area contributed by atoms with Crippen LogP contribution < -0.4 is 20.3 Å². The number of pyridine rings is 2. The molecule has 0 bridgehead atoms. The highest BCUT2D eigenvalue weighted by molar-refractivity contribution is 7.90. The van der Waals surface area contributed by atoms with Crippen LogP contribution in [0.2, 0.25) is 0 Å². The van der Waals surface area contributed by atoms with Crippen molar-refractivity contribution in [2.45, 2.75) is 95.4 Å². The number of fused-ring (bicyclic) bond motifs is 5. The van der Waals surface area contributed by atoms with Crippen molar-refractivity contribution < 1.29 is 91.5 Å². The largest absolute Gasteiger partial charge is 0.479 e. The van der Waals surface area contributed by atoms with Crippen molar-refractivity contribution in [3.8, 4) is 22.9 Å². The molecule has 4 aromatic rings. The Morgan fingerprint density at radius 2 is 1.74 bits per heavy atom. The summed E-state index contributed by atoms with van der Waals surface area (Å²) in [7, 11) is -2.34. The lowest BCUT2D eigenvalue weighted by Gasteiger charge is -2.38. The highest BCUT2D eigenvalue weighted by atomic mass is 32.2. The summed E-state index contributed by atoms with van der Waals surface area (Å²) in [6.07, 6.45) is -8.72. The number of carboxylic acid groups (broad SMARTS) is 1. The molecular formula is C50H56N6O20S. The molecule has 0 spiro atoms. The van der Waals surface area contributed by atoms with E-state index in [2.05, 4.69) is 5.32 Å². The predicted octanol–water partition coefficient (Wildman–Crippen LogP) is -0.563. The number of hydrogen-bond donors (Lipinski definition) is 7. The van der Waals surface area contributed by atoms with Crippen LogP contribution >= 0.6 is 0 Å². The van der Waals surface area contributed by atoms with Crippen molar-refractivity contribution >= 4 is 62.2 Å². The first kappa shape index (κ1) is 55.7. The third kappa shape index (κ3) is 11.5. The van der Waals surface area contributed by atoms with E-state index in [1.54, 1.807) is 31.2 Å². The number of carbonyl (C=O) groups excluding carboxylic acids is 5. The highest BCUT2D eigenvalue weighted by Gasteiger charge is 2.49. The summed E-state index contributed by atoms with van der Waals surface area (Å²) in [5.74, 6) is -4.97. The fraction of sp³-hybridized carbons (Fsp3) is 0.440. The maximum absolute atomic E-state index is 13.8. The van der Waals surface area contributed by atoms with Gasteiger partial charge in [-0.3, -0.25) is 24.1 Å². The first-order chi connectivity index (χ1) is 36.4. The molecule has 412 valence electrons. The summed E-state index contributed by atoms with van der Waals surface area (Å²) in [6.45, 7) is 1.25. The fourth-order valence-corrected chi connectivity index (χ4v) is 9.84. The van der Waals surface area contributed by atoms with Crippen molar-refractivity contribution in [1.82, 2.24) is 24.3 Å². The van der Waals surface area contributed by atoms with Crippen LogP contribution in [-0.2, 0) is 79.8 Å². The molecule has 0 aliphatic carbocycles. The molecule has 4 amide bonds. The van der Waals surface area contributed by atoms with Gasteiger partial charge in [-0.05, 0) is 66.4 Å². The summed E-state index contributed by atoms with van der Waals surface area (Å²) in [5.41, 5.74) is 0.922. The summed E-state index contributed by atoms with van der Waals surface area (Å²) >= 11 is 0. The number of esters is 1. The summed E-state index contributed by atoms with van der Waals surface area (Å²) < 4.78 is 54.0. The molecule has 0 saturated carbocycles. The van der Waals surface area contributed by atoms with Crippen LogP contribution in [0.1, 0.15) is 54.5 Å². The molecule has 26 nitrogen and oxygen atoms in total. The Morgan fingerprint density at radius 3 is 2.42 bits per heavy atom. The number of aromatic nitrogens is 2. The van der Waals surface area contributed by atoms with E-state index in [0.717, 1.165) is 38.2 Å². The van der Waals surface area contributed by atoms with E-state index < -0.39 is 119 Å². The molecule has 2 aromatic heterocycles. The van der Waals surface area contributed by atoms with Crippen molar-refractivity contribution in [3.05, 3.63) is 92.8 Å². The second-order valence-corrected chi connectivity index (χ2v) is 21.1. The summed E-state index contributed by atoms with van der Waals surface area (Å²) in [6, 6.07) is 10.4. The smallest absolute Gasteiger partial charge is 0.412 e. The molecular weight excluding hydrogens is 1040 g/mol. The molecule has 6 heterocycles. The minimum Gasteiger partial charge on any atom is -0.479 e. The van der Waals surface area contributed by atoms with Crippen molar-refractivity contribution in [3.63, 3.8) is 0 Å². The van der Waals surface area contributed by atoms with Crippen molar-refractivity contribution in [2.24, 2.45) is 0 Å². The van der Waals surface area contributed by atoms with Gasteiger partial charge in [0.15, 0.2) is 18.4 Å². The van der Waals surface area contributed by atoms with E-state index in [1.165, 1.54) is 35.9 Å². The zero-order valence-electron chi connectivity index (χ0n) is 42.0. The quantitative estimate of drug-likeness (QED) is 0.0402. The van der Waals surface area contributed by atoms with Gasteiger partial charge in [0.05, 0.1) is 47.0 Å². The number of carboxylic acids is 1. The normalized spacial score (nSPS) is 22.4. The minimum atomic E-state index is -3.64. The predicted molar refractivity (Wildman–Crippen MR) is 265 cm³/mol. The maximum atomic E-state index is 13.8. The van der Waals surface area contributed by atoms with Crippen LogP contribution in [0.4, 0.5) is 10.5 Å². The number of amides is 4. The molecule has 27 heteroatoms. The van der Waals surface area contributed by atoms with E-state index in [1.807, 2.05) is 6.92 Å². The fourth-order valence-electron chi connectivity index (χ4n) is 9.29. The number of nitrogens with zero attached hydrogens (tertiary/aromatic N) is 5. The molecule has 7 N–H and O–H groups in total. The van der Waals surface area contributed by atoms with Gasteiger partial charge >= 0.3 is 18.0 Å². The molecule has 1 fully saturated rings. The summed E-state index contributed by atoms with van der Waals surface area (Å²) in [4.78, 5) is 98.4. The Kier molecular flexibility index (Phi) is 16.1. The minimum absolute atomic E-state index is 0.0198. The molecule has 7 atom stereocenters. The van der Waals surface area contributed by atoms with Crippen molar-refractivity contribution in [1.29, 1.82) is 0 Å². The molecule has 4 aliphatic heterocycles. The van der Waals surface area contributed by atoms with Crippen LogP contribution in [0, 0.1) is 0 Å². The van der Waals surface area contributed by atoms with E-state index in [-0.39, 0.29) is 73.0 Å². The lowest BCUT2D eigenvalue weighted by molar-refractivity contribution is -0.271. The Balaban J connectivity index is 0.993. The molecule has 4 aliphatic rings. The second-order valence-electron chi connectivity index (χ2n) is 18.8. The standard InChI is InChI=1S/C50H56N6O20S/c1-5-27-28-18-26(8-9-32(28)52-40-29(27)20-56-34(40)19-31-30(45(56)64)23-72-48(67)50(31,69)6-2)74-24-54(15-16-77(4,70)71)49(68)73-22-25-7-10-35(75-47-43(63)41(61)42(62)44(76-47)46(65)66)33(17-25)51-36(57)21-53(3)37(58)13-14-55-38(59)11-12-39(55)60/h7-12,17-19,38,41-44,47,59,61-63,69H,5-6,13-16,20-24H2,1-4H3,(H,51,57)(H,65,66)/t38?,41-,42-,43+,44-,47+,50-/m0/s1. The number of nitrogens with one attached hydrogen (secondary N) is 1. The Bertz CT molecular complexity index is 3260. The number of aliphatic hydroxyl groups is 5. The zero-order chi connectivity index (χ0) is 55.8. The van der Waals surface area contributed by atoms with Gasteiger partial charge in [0.2, 0.25) is 24.0 Å². The van der Waals surface area contributed by atoms with Gasteiger partial charge in [0.1, 0.15) is 59.1 Å². The number of aliphatic hydroxyl groups excluding tert-OH is 4. The number of ether oxygens (including phenoxy) is 5. The Labute approximate surface area is 438 Å². The van der Waals surface area contributed by atoms with Crippen LogP contribution in [-0.4, -0.2) is 181 Å². The van der Waals surface area contributed by atoms with Crippen LogP contribution in [0.25, 0.3) is 22.3 Å². The van der Waals surface area contributed by atoms with Gasteiger partial charge in [0.25, 0.3) is 5.56 Å². The van der Waals surface area contributed by atoms with Gasteiger partial charge in [-0.15, -0.1) is 0 Å². The summed E-state index contributed by atoms with van der Waals surface area (Å²) in [5, 5.41) is 65.3. The number of cyclic esters (lactones) is 1. The van der Waals surface area contributed by atoms with Gasteiger partial charge in [-0.25, -0.2) is 27.8 Å². The van der Waals surface area contributed by atoms with Gasteiger partial charge in [-0.1, -0.05) is 19.9 Å². The molecule has 1 unspecified atom stereocenters. The van der Waals surface area contributed by atoms with Gasteiger partial charge < -0.3 is 74.0 Å². The molecule has 77 heavy (non-hydrogen) atoms. The second kappa shape index (κ2) is 22.2. The number of likely N-dealkylation sites (N-methyl/N-ethyl adjacent to an activating group) is 1. The third-order valence-electron chi connectivity index (χ3n) is 13.6. The number of hydrogen-bond acceptors (Lipinski definition) is 20. The van der Waals surface area contributed by atoms with E-state index in [4.69, 9.17) is 28.7 Å². The lowest BCUT2D eigenvalue weighted by atomic mass is 9.86. The van der Waals surface area contributed by atoms with E-state index >= 15 is 0 Å². The van der Waals surface area contributed by atoms with Crippen LogP contribution in [0.15, 0.2) is 59.4 Å². The Hall–Kier alpha value is -7.53. The number of carbonyl (C=O) groups is 6. The molecule has 1 saturated heterocycles. The van der Waals surface area contributed by atoms with Crippen LogP contribution in [0.3, 0.4) is 0 Å². The molecule has 8 rings (SSSR count). The third-order valence-corrected chi connectivity index (χ3v) is 14.6. The Morgan fingerprint density at radius 1 is 0.987 bits per heavy atom. The number of rotatable bonds is 19. The SMILES string of the molecule is CCc1c2c(nc3ccc(OCN(CCS(C)(=O)=O)C(=O)OCc4ccc(O[C@@H]5O[C@H](C(=O)O)[C@@H](O)[C@H](O)[C@H]5O)c(NC(=O)CN(C)C(=O)CCN5C(=O)C=CC5O)c4)cc13)-c1cc3c(c(=O)n1C2)COC(=O)[C@]3(O)CC. The lowest BCUT2D eigenvalue weighted by Crippen LogP contribution is -2.61. The average Bonchev–Trinajstić information content (AvgIpc) is 4.11. The van der Waals surface area contributed by atoms with Gasteiger partial charge in [-0.2, -0.15) is 0 Å².